The van der Waals surface area contributed by atoms with Crippen LogP contribution in [-0.2, 0) is 16.6 Å². The van der Waals surface area contributed by atoms with Crippen LogP contribution in [0.1, 0.15) is 36.7 Å². The second-order valence-corrected chi connectivity index (χ2v) is 8.50. The Kier molecular flexibility index (Phi) is 5.86. The Balaban J connectivity index is 1.83. The number of imidazole rings is 1. The quantitative estimate of drug-likeness (QED) is 0.641. The molecule has 0 saturated heterocycles. The summed E-state index contributed by atoms with van der Waals surface area (Å²) in [6.45, 7) is 8.24. The third-order valence-electron chi connectivity index (χ3n) is 4.47. The number of benzene rings is 2. The first-order valence-corrected chi connectivity index (χ1v) is 10.7. The third-order valence-corrected chi connectivity index (χ3v) is 6.01. The molecule has 1 aromatic heterocycles. The highest BCUT2D eigenvalue weighted by Gasteiger charge is 2.22. The Bertz CT molecular complexity index is 1060. The first-order valence-electron chi connectivity index (χ1n) is 9.19. The molecule has 3 aromatic rings. The Morgan fingerprint density at radius 1 is 1.11 bits per heavy atom. The Labute approximate surface area is 166 Å². The van der Waals surface area contributed by atoms with Crippen LogP contribution in [0.4, 0.5) is 0 Å². The minimum atomic E-state index is -3.64. The molecule has 0 aliphatic heterocycles. The van der Waals surface area contributed by atoms with Gasteiger partial charge in [-0.1, -0.05) is 29.8 Å². The molecule has 2 aromatic carbocycles. The number of hydrogen-bond donors (Lipinski definition) is 1. The number of aryl methyl sites for hydroxylation is 2. The SMILES string of the molecule is CCn1c(C(C)NS(=O)(=O)c2cccc(C)c2)cnc1Oc1ccc(C)cc1. The van der Waals surface area contributed by atoms with Gasteiger partial charge in [0.05, 0.1) is 22.8 Å². The summed E-state index contributed by atoms with van der Waals surface area (Å²) in [6.07, 6.45) is 1.65. The average molecular weight is 400 g/mol. The second kappa shape index (κ2) is 8.16. The fourth-order valence-corrected chi connectivity index (χ4v) is 4.29. The van der Waals surface area contributed by atoms with E-state index in [1.54, 1.807) is 31.3 Å². The number of nitrogens with one attached hydrogen (secondary N) is 1. The van der Waals surface area contributed by atoms with Crippen LogP contribution in [0.15, 0.2) is 59.6 Å². The van der Waals surface area contributed by atoms with E-state index >= 15 is 0 Å². The van der Waals surface area contributed by atoms with E-state index in [0.29, 0.717) is 18.3 Å². The van der Waals surface area contributed by atoms with Crippen LogP contribution in [0.2, 0.25) is 0 Å². The number of rotatable bonds is 7. The molecule has 0 saturated carbocycles. The molecule has 148 valence electrons. The molecule has 0 spiro atoms. The van der Waals surface area contributed by atoms with Gasteiger partial charge < -0.3 is 4.74 Å². The van der Waals surface area contributed by atoms with Gasteiger partial charge >= 0.3 is 6.01 Å². The highest BCUT2D eigenvalue weighted by molar-refractivity contribution is 7.89. The normalized spacial score (nSPS) is 12.7. The monoisotopic (exact) mass is 399 g/mol. The molecule has 0 bridgehead atoms. The second-order valence-electron chi connectivity index (χ2n) is 6.78. The maximum absolute atomic E-state index is 12.7. The van der Waals surface area contributed by atoms with Crippen molar-refractivity contribution in [2.75, 3.05) is 0 Å². The number of sulfonamides is 1. The van der Waals surface area contributed by atoms with E-state index in [4.69, 9.17) is 4.74 Å². The van der Waals surface area contributed by atoms with Crippen molar-refractivity contribution < 1.29 is 13.2 Å². The molecule has 7 heteroatoms. The summed E-state index contributed by atoms with van der Waals surface area (Å²) in [7, 11) is -3.64. The van der Waals surface area contributed by atoms with Gasteiger partial charge in [-0.3, -0.25) is 4.57 Å². The lowest BCUT2D eigenvalue weighted by Crippen LogP contribution is -2.28. The van der Waals surface area contributed by atoms with Gasteiger partial charge in [0.2, 0.25) is 10.0 Å². The molecule has 0 amide bonds. The van der Waals surface area contributed by atoms with Crippen molar-refractivity contribution in [3.63, 3.8) is 0 Å². The molecule has 28 heavy (non-hydrogen) atoms. The van der Waals surface area contributed by atoms with Gasteiger partial charge in [0.25, 0.3) is 0 Å². The Morgan fingerprint density at radius 3 is 2.46 bits per heavy atom. The van der Waals surface area contributed by atoms with Crippen LogP contribution in [0.5, 0.6) is 11.8 Å². The first kappa shape index (κ1) is 20.1. The fourth-order valence-electron chi connectivity index (χ4n) is 2.97. The molecule has 0 fully saturated rings. The maximum atomic E-state index is 12.7. The van der Waals surface area contributed by atoms with E-state index in [0.717, 1.165) is 16.8 Å². The van der Waals surface area contributed by atoms with Crippen LogP contribution in [0, 0.1) is 13.8 Å². The van der Waals surface area contributed by atoms with E-state index in [1.165, 1.54) is 0 Å². The van der Waals surface area contributed by atoms with Crippen LogP contribution in [-0.4, -0.2) is 18.0 Å². The number of nitrogens with zero attached hydrogens (tertiary/aromatic N) is 2. The summed E-state index contributed by atoms with van der Waals surface area (Å²) >= 11 is 0. The standard InChI is InChI=1S/C21H25N3O3S/c1-5-24-20(14-22-21(24)27-18-11-9-15(2)10-12-18)17(4)23-28(25,26)19-8-6-7-16(3)13-19/h6-14,17,23H,5H2,1-4H3. The topological polar surface area (TPSA) is 73.2 Å². The van der Waals surface area contributed by atoms with Crippen LogP contribution in [0.25, 0.3) is 0 Å². The van der Waals surface area contributed by atoms with Crippen molar-refractivity contribution in [1.29, 1.82) is 0 Å². The number of ether oxygens (including phenoxy) is 1. The number of aromatic nitrogens is 2. The predicted molar refractivity (Wildman–Crippen MR) is 109 cm³/mol. The molecular weight excluding hydrogens is 374 g/mol. The minimum Gasteiger partial charge on any atom is -0.426 e. The van der Waals surface area contributed by atoms with Gasteiger partial charge in [0, 0.05) is 6.54 Å². The zero-order valence-electron chi connectivity index (χ0n) is 16.5. The zero-order chi connectivity index (χ0) is 20.3. The van der Waals surface area contributed by atoms with Crippen molar-refractivity contribution in [2.45, 2.75) is 45.2 Å². The minimum absolute atomic E-state index is 0.248. The van der Waals surface area contributed by atoms with E-state index in [1.807, 2.05) is 55.7 Å². The molecule has 3 rings (SSSR count). The van der Waals surface area contributed by atoms with Gasteiger partial charge in [-0.25, -0.2) is 18.1 Å². The van der Waals surface area contributed by atoms with Crippen LogP contribution >= 0.6 is 0 Å². The molecule has 0 radical (unpaired) electrons. The summed E-state index contributed by atoms with van der Waals surface area (Å²) in [4.78, 5) is 4.60. The molecule has 1 N–H and O–H groups in total. The van der Waals surface area contributed by atoms with Crippen molar-refractivity contribution in [2.24, 2.45) is 0 Å². The van der Waals surface area contributed by atoms with E-state index in [-0.39, 0.29) is 4.90 Å². The summed E-state index contributed by atoms with van der Waals surface area (Å²) < 4.78 is 35.9. The van der Waals surface area contributed by atoms with Crippen LogP contribution < -0.4 is 9.46 Å². The maximum Gasteiger partial charge on any atom is 0.302 e. The van der Waals surface area contributed by atoms with E-state index < -0.39 is 16.1 Å². The smallest absolute Gasteiger partial charge is 0.302 e. The van der Waals surface area contributed by atoms with E-state index in [9.17, 15) is 8.42 Å². The lowest BCUT2D eigenvalue weighted by Gasteiger charge is -2.17. The summed E-state index contributed by atoms with van der Waals surface area (Å²) in [5, 5.41) is 0. The van der Waals surface area contributed by atoms with Crippen molar-refractivity contribution in [3.05, 3.63) is 71.5 Å². The van der Waals surface area contributed by atoms with Crippen molar-refractivity contribution >= 4 is 10.0 Å². The van der Waals surface area contributed by atoms with Crippen LogP contribution in [0.3, 0.4) is 0 Å². The molecule has 0 aliphatic rings. The fraction of sp³-hybridized carbons (Fsp3) is 0.286. The molecule has 6 nitrogen and oxygen atoms in total. The zero-order valence-corrected chi connectivity index (χ0v) is 17.3. The summed E-state index contributed by atoms with van der Waals surface area (Å²) in [5.74, 6) is 0.686. The molecule has 1 unspecified atom stereocenters. The summed E-state index contributed by atoms with van der Waals surface area (Å²) in [5.41, 5.74) is 2.77. The van der Waals surface area contributed by atoms with Gasteiger partial charge in [-0.15, -0.1) is 0 Å². The van der Waals surface area contributed by atoms with Gasteiger partial charge in [-0.05, 0) is 57.5 Å². The van der Waals surface area contributed by atoms with Gasteiger partial charge in [-0.2, -0.15) is 0 Å². The molecule has 0 aliphatic carbocycles. The van der Waals surface area contributed by atoms with Gasteiger partial charge in [0.1, 0.15) is 5.75 Å². The number of hydrogen-bond acceptors (Lipinski definition) is 4. The van der Waals surface area contributed by atoms with E-state index in [2.05, 4.69) is 9.71 Å². The largest absolute Gasteiger partial charge is 0.426 e. The highest BCUT2D eigenvalue weighted by Crippen LogP contribution is 2.26. The van der Waals surface area contributed by atoms with Crippen molar-refractivity contribution in [1.82, 2.24) is 14.3 Å². The Hall–Kier alpha value is -2.64. The third kappa shape index (κ3) is 4.43. The lowest BCUT2D eigenvalue weighted by molar-refractivity contribution is 0.408. The lowest BCUT2D eigenvalue weighted by atomic mass is 10.2. The predicted octanol–water partition coefficient (Wildman–Crippen LogP) is 4.35. The molecule has 1 atom stereocenters. The molecule has 1 heterocycles. The summed E-state index contributed by atoms with van der Waals surface area (Å²) in [6, 6.07) is 14.5. The van der Waals surface area contributed by atoms with Crippen molar-refractivity contribution in [3.8, 4) is 11.8 Å². The average Bonchev–Trinajstić information content (AvgIpc) is 3.06. The molecular formula is C21H25N3O3S. The van der Waals surface area contributed by atoms with Gasteiger partial charge in [0.15, 0.2) is 0 Å². The highest BCUT2D eigenvalue weighted by atomic mass is 32.2. The Morgan fingerprint density at radius 2 is 1.82 bits per heavy atom. The first-order chi connectivity index (χ1) is 13.3.